The van der Waals surface area contributed by atoms with Gasteiger partial charge in [-0.25, -0.2) is 0 Å². The molecule has 8 aromatic rings. The fraction of sp³-hybridized carbons (Fsp3) is 0.422. The smallest absolute Gasteiger partial charge is 0.000496 e. The van der Waals surface area contributed by atoms with E-state index in [9.17, 15) is 0 Å². The summed E-state index contributed by atoms with van der Waals surface area (Å²) in [6.07, 6.45) is 39.7. The predicted molar refractivity (Wildman–Crippen MR) is 403 cm³/mol. The summed E-state index contributed by atoms with van der Waals surface area (Å²) in [5, 5.41) is 0. The van der Waals surface area contributed by atoms with Crippen LogP contribution in [0.15, 0.2) is 181 Å². The van der Waals surface area contributed by atoms with Gasteiger partial charge in [-0.1, -0.05) is 164 Å². The number of rotatable bonds is 6. The second kappa shape index (κ2) is 45.5. The van der Waals surface area contributed by atoms with Gasteiger partial charge in [0.05, 0.1) is 0 Å². The van der Waals surface area contributed by atoms with E-state index >= 15 is 0 Å². The maximum atomic E-state index is 4.93. The van der Waals surface area contributed by atoms with Crippen molar-refractivity contribution < 1.29 is 41.9 Å². The van der Waals surface area contributed by atoms with Crippen LogP contribution >= 0.6 is 33.0 Å². The van der Waals surface area contributed by atoms with E-state index in [-0.39, 0.29) is 43.3 Å². The van der Waals surface area contributed by atoms with E-state index in [1.165, 1.54) is 124 Å². The molecule has 4 fully saturated rings. The molecule has 8 atom stereocenters. The van der Waals surface area contributed by atoms with Crippen LogP contribution < -0.4 is 0 Å². The van der Waals surface area contributed by atoms with Crippen molar-refractivity contribution in [3.05, 3.63) is 261 Å². The van der Waals surface area contributed by atoms with Crippen LogP contribution in [0.3, 0.4) is 0 Å². The van der Waals surface area contributed by atoms with Crippen molar-refractivity contribution in [2.45, 2.75) is 179 Å². The molecule has 0 spiro atoms. The van der Waals surface area contributed by atoms with Crippen LogP contribution in [0.2, 0.25) is 0 Å². The maximum absolute atomic E-state index is 4.93. The molecule has 4 saturated carbocycles. The third-order valence-electron chi connectivity index (χ3n) is 19.3. The molecule has 0 bridgehead atoms. The summed E-state index contributed by atoms with van der Waals surface area (Å²) in [5.41, 5.74) is 15.1. The van der Waals surface area contributed by atoms with Crippen molar-refractivity contribution in [2.75, 3.05) is 0 Å². The molecule has 504 valence electrons. The standard InChI is InChI=1S/2C15H23N.C15H15N.C12H9.C11H11Br.C4H5N.2C4H9.CH4.2CH3.2ClH.Pt.Zr/c3*1-11-5-6-12(2)15-10-13(9-14(11)15)16-7-3-4-8-16;1-3-7-11(8-4-1)12-9-5-2-6-10-12;1-7-3-4-8(2)11-6-9(12)5-10(7)11;1-2-4-5-3-1;2*1-3-4-2;;;;;;;/h2*3-4,7-8,11-15H,5-6,9-10H2,1-2H3;3-9H,10H2,1-2H3;1-9H;3-5H,6H2,1-2H3;1-5H;2*1,3-4H2,2H3;1H4;2*1H3;2*1H;;/q;;;-1;;;2*-1;;2*-1;;;;+4/p-2. The Balaban J connectivity index is 0.000000367. The Hall–Kier alpha value is -3.89. The molecule has 0 aliphatic heterocycles. The Morgan fingerprint density at radius 1 is 0.522 bits per heavy atom. The maximum Gasteiger partial charge on any atom is 0.000496 e. The monoisotopic (exact) mass is 1600 g/mol. The van der Waals surface area contributed by atoms with Gasteiger partial charge in [0.2, 0.25) is 0 Å². The summed E-state index contributed by atoms with van der Waals surface area (Å²) in [6, 6.07) is 48.5. The van der Waals surface area contributed by atoms with E-state index in [1.807, 2.05) is 60.9 Å². The van der Waals surface area contributed by atoms with Crippen molar-refractivity contribution in [3.8, 4) is 11.1 Å². The van der Waals surface area contributed by atoms with Gasteiger partial charge in [0.25, 0.3) is 0 Å². The fourth-order valence-electron chi connectivity index (χ4n) is 13.9. The second-order valence-corrected chi connectivity index (χ2v) is 30.1. The van der Waals surface area contributed by atoms with E-state index in [2.05, 4.69) is 252 Å². The number of aryl methyl sites for hydroxylation is 4. The van der Waals surface area contributed by atoms with Crippen molar-refractivity contribution in [2.24, 2.45) is 47.3 Å². The summed E-state index contributed by atoms with van der Waals surface area (Å²) in [6.45, 7) is 30.1. The third kappa shape index (κ3) is 25.6. The molecule has 4 aromatic carbocycles. The topological polar surface area (TPSA) is 30.6 Å². The Bertz CT molecular complexity index is 3020. The molecule has 4 aromatic heterocycles. The van der Waals surface area contributed by atoms with Crippen LogP contribution in [0.5, 0.6) is 0 Å². The number of aromatic amines is 1. The molecule has 4 heterocycles. The van der Waals surface area contributed by atoms with Gasteiger partial charge in [-0.3, -0.25) is 0 Å². The largest absolute Gasteiger partial charge is 0.368 e. The van der Waals surface area contributed by atoms with Crippen molar-refractivity contribution in [3.63, 3.8) is 0 Å². The molecule has 0 radical (unpaired) electrons. The van der Waals surface area contributed by atoms with Crippen molar-refractivity contribution >= 4 is 50.8 Å². The van der Waals surface area contributed by atoms with Crippen LogP contribution in [0, 0.1) is 110 Å². The molecular weight excluding hydrogens is 1490 g/mol. The molecule has 1 N–H and O–H groups in total. The minimum absolute atomic E-state index is 0. The second-order valence-electron chi connectivity index (χ2n) is 25.4. The van der Waals surface area contributed by atoms with Gasteiger partial charge in [-0.15, -0.1) is 35.9 Å². The zero-order chi connectivity index (χ0) is 63.4. The fourth-order valence-corrected chi connectivity index (χ4v) is 14.4. The predicted octanol–water partition coefficient (Wildman–Crippen LogP) is 25.8. The number of H-pyrrole nitrogens is 1. The van der Waals surface area contributed by atoms with E-state index in [0.29, 0.717) is 0 Å². The van der Waals surface area contributed by atoms with Gasteiger partial charge in [0.1, 0.15) is 0 Å². The first-order valence-corrected chi connectivity index (χ1v) is 40.1. The number of hydrogen-bond donors (Lipinski definition) is 1. The number of unbranched alkanes of at least 4 members (excludes halogenated alkanes) is 2. The molecular formula is C83H114BrCl2N4PtZr-3. The van der Waals surface area contributed by atoms with E-state index < -0.39 is 20.8 Å². The average Bonchev–Trinajstić information content (AvgIpc) is 1.69. The van der Waals surface area contributed by atoms with Gasteiger partial charge in [0, 0.05) is 106 Å². The van der Waals surface area contributed by atoms with Gasteiger partial charge in [-0.2, -0.15) is 12.8 Å². The van der Waals surface area contributed by atoms with Crippen molar-refractivity contribution in [1.29, 1.82) is 0 Å². The van der Waals surface area contributed by atoms with Crippen LogP contribution in [-0.2, 0) is 54.8 Å². The molecule has 6 aliphatic carbocycles. The van der Waals surface area contributed by atoms with Crippen LogP contribution in [0.4, 0.5) is 0 Å². The SMILES string of the molecule is C.CC1CCC(C)C2CC(n3cccc3)CC12.CC1CCC(C)C2CC(n3cccc3)CC12.Cc1ccc(C)c2c1C=C(Br)C2.Cc1ccc(C)c2c1C=C(n1cccc1)C2.[CH2-]CCC.[CH2-]CCC.[CH3-].[CH3-].[Cl][Zr+2][Cl].[Pt].[c-]1ccccc1-c1ccccc1.c1cc[nH]c1. The van der Waals surface area contributed by atoms with E-state index in [0.717, 1.165) is 90.7 Å². The quantitative estimate of drug-likeness (QED) is 0.161. The number of hydrogen-bond acceptors (Lipinski definition) is 0. The molecule has 14 rings (SSSR count). The Kier molecular flexibility index (Phi) is 41.7. The Morgan fingerprint density at radius 3 is 1.24 bits per heavy atom. The van der Waals surface area contributed by atoms with Crippen molar-refractivity contribution in [1.82, 2.24) is 18.7 Å². The number of nitrogens with zero attached hydrogens (tertiary/aromatic N) is 3. The van der Waals surface area contributed by atoms with Gasteiger partial charge in [-0.05, 0) is 206 Å². The van der Waals surface area contributed by atoms with E-state index in [1.54, 1.807) is 0 Å². The molecule has 0 amide bonds. The zero-order valence-corrected chi connectivity index (χ0v) is 65.1. The normalized spacial score (nSPS) is 21.8. The Morgan fingerprint density at radius 2 is 0.891 bits per heavy atom. The van der Waals surface area contributed by atoms with Gasteiger partial charge in [0.15, 0.2) is 0 Å². The van der Waals surface area contributed by atoms with Crippen LogP contribution in [0.1, 0.15) is 183 Å². The molecule has 92 heavy (non-hydrogen) atoms. The molecule has 0 saturated heterocycles. The first-order valence-electron chi connectivity index (χ1n) is 32.9. The molecule has 9 heteroatoms. The molecule has 8 unspecified atom stereocenters. The van der Waals surface area contributed by atoms with Crippen LogP contribution in [0.25, 0.3) is 29.0 Å². The average molecular weight is 1600 g/mol. The third-order valence-corrected chi connectivity index (χ3v) is 19.8. The van der Waals surface area contributed by atoms with E-state index in [4.69, 9.17) is 17.0 Å². The Labute approximate surface area is 603 Å². The summed E-state index contributed by atoms with van der Waals surface area (Å²) >= 11 is 2.72. The summed E-state index contributed by atoms with van der Waals surface area (Å²) in [7, 11) is 9.87. The number of benzene rings is 4. The van der Waals surface area contributed by atoms with Crippen LogP contribution in [-0.4, -0.2) is 18.7 Å². The molecule has 6 aliphatic rings. The zero-order valence-electron chi connectivity index (χ0n) is 57.3. The summed E-state index contributed by atoms with van der Waals surface area (Å²) < 4.78 is 8.39. The number of halogens is 3. The number of nitrogens with one attached hydrogen (secondary N) is 1. The molecule has 4 nitrogen and oxygen atoms in total. The number of allylic oxidation sites excluding steroid dienone is 2. The van der Waals surface area contributed by atoms with Gasteiger partial charge >= 0.3 is 37.9 Å². The first-order chi connectivity index (χ1) is 42.7. The van der Waals surface area contributed by atoms with Gasteiger partial charge < -0.3 is 47.4 Å². The number of fused-ring (bicyclic) bond motifs is 4. The summed E-state index contributed by atoms with van der Waals surface area (Å²) in [4.78, 5) is 2.86. The first kappa shape index (κ1) is 84.2. The minimum Gasteiger partial charge on any atom is -0.368 e. The minimum atomic E-state index is -0.826. The number of aromatic nitrogens is 4. The summed E-state index contributed by atoms with van der Waals surface area (Å²) in [5.74, 6) is 7.83.